The van der Waals surface area contributed by atoms with Crippen LogP contribution in [0.3, 0.4) is 0 Å². The number of nitrogens with one attached hydrogen (secondary N) is 1. The van der Waals surface area contributed by atoms with Crippen LogP contribution in [0.15, 0.2) is 0 Å². The van der Waals surface area contributed by atoms with Crippen molar-refractivity contribution in [1.29, 1.82) is 0 Å². The summed E-state index contributed by atoms with van der Waals surface area (Å²) in [6.45, 7) is 10.5. The first kappa shape index (κ1) is 14.3. The summed E-state index contributed by atoms with van der Waals surface area (Å²) in [5, 5.41) is 3.59. The van der Waals surface area contributed by atoms with E-state index in [-0.39, 0.29) is 0 Å². The van der Waals surface area contributed by atoms with E-state index in [1.165, 1.54) is 43.9 Å². The molecule has 1 heterocycles. The maximum absolute atomic E-state index is 3.59. The van der Waals surface area contributed by atoms with Crippen LogP contribution >= 0.6 is 11.8 Å². The lowest BCUT2D eigenvalue weighted by Crippen LogP contribution is -2.50. The van der Waals surface area contributed by atoms with Gasteiger partial charge in [0.2, 0.25) is 0 Å². The Bertz CT molecular complexity index is 175. The Morgan fingerprint density at radius 2 is 2.19 bits per heavy atom. The fourth-order valence-corrected chi connectivity index (χ4v) is 3.49. The second kappa shape index (κ2) is 8.37. The van der Waals surface area contributed by atoms with E-state index in [0.717, 1.165) is 18.6 Å². The van der Waals surface area contributed by atoms with Crippen molar-refractivity contribution in [2.24, 2.45) is 0 Å². The minimum absolute atomic E-state index is 0.757. The van der Waals surface area contributed by atoms with Crippen LogP contribution in [0.4, 0.5) is 0 Å². The van der Waals surface area contributed by atoms with Crippen molar-refractivity contribution in [2.45, 2.75) is 52.1 Å². The van der Waals surface area contributed by atoms with E-state index in [2.05, 4.69) is 42.7 Å². The largest absolute Gasteiger partial charge is 0.315 e. The molecule has 1 rings (SSSR count). The molecule has 0 bridgehead atoms. The van der Waals surface area contributed by atoms with Crippen LogP contribution < -0.4 is 5.32 Å². The predicted molar refractivity (Wildman–Crippen MR) is 75.3 cm³/mol. The van der Waals surface area contributed by atoms with Gasteiger partial charge in [-0.3, -0.25) is 4.90 Å². The van der Waals surface area contributed by atoms with Crippen molar-refractivity contribution in [2.75, 3.05) is 31.1 Å². The highest BCUT2D eigenvalue weighted by Crippen LogP contribution is 2.20. The van der Waals surface area contributed by atoms with E-state index in [9.17, 15) is 0 Å². The van der Waals surface area contributed by atoms with Gasteiger partial charge in [0, 0.05) is 36.7 Å². The van der Waals surface area contributed by atoms with Gasteiger partial charge in [0.05, 0.1) is 0 Å². The summed E-state index contributed by atoms with van der Waals surface area (Å²) < 4.78 is 0. The molecule has 1 N–H and O–H groups in total. The Balaban J connectivity index is 2.39. The van der Waals surface area contributed by atoms with Crippen molar-refractivity contribution in [3.05, 3.63) is 0 Å². The van der Waals surface area contributed by atoms with E-state index in [1.54, 1.807) is 0 Å². The van der Waals surface area contributed by atoms with Gasteiger partial charge in [-0.1, -0.05) is 20.3 Å². The highest BCUT2D eigenvalue weighted by Gasteiger charge is 2.25. The maximum atomic E-state index is 3.59. The topological polar surface area (TPSA) is 15.3 Å². The summed E-state index contributed by atoms with van der Waals surface area (Å²) in [6, 6.07) is 1.52. The standard InChI is InChI=1S/C13H28N2S/c1-4-6-13(10-14-7-5-2)15-8-9-16-11-12(15)3/h12-14H,4-11H2,1-3H3. The molecule has 0 amide bonds. The molecule has 2 atom stereocenters. The second-order valence-corrected chi connectivity index (χ2v) is 5.96. The third-order valence-corrected chi connectivity index (χ3v) is 4.51. The number of nitrogens with zero attached hydrogens (tertiary/aromatic N) is 1. The van der Waals surface area contributed by atoms with Crippen molar-refractivity contribution in [3.8, 4) is 0 Å². The Labute approximate surface area is 106 Å². The van der Waals surface area contributed by atoms with E-state index >= 15 is 0 Å². The zero-order chi connectivity index (χ0) is 11.8. The molecule has 1 aliphatic heterocycles. The first-order valence-corrected chi connectivity index (χ1v) is 7.99. The number of hydrogen-bond acceptors (Lipinski definition) is 3. The van der Waals surface area contributed by atoms with E-state index in [4.69, 9.17) is 0 Å². The van der Waals surface area contributed by atoms with Crippen LogP contribution in [0.5, 0.6) is 0 Å². The summed E-state index contributed by atoms with van der Waals surface area (Å²) in [6.07, 6.45) is 3.88. The normalized spacial score (nSPS) is 24.6. The van der Waals surface area contributed by atoms with Gasteiger partial charge >= 0.3 is 0 Å². The molecule has 1 fully saturated rings. The van der Waals surface area contributed by atoms with Crippen molar-refractivity contribution < 1.29 is 0 Å². The third-order valence-electron chi connectivity index (χ3n) is 3.32. The lowest BCUT2D eigenvalue weighted by molar-refractivity contribution is 0.149. The highest BCUT2D eigenvalue weighted by molar-refractivity contribution is 7.99. The minimum atomic E-state index is 0.757. The Morgan fingerprint density at radius 1 is 1.38 bits per heavy atom. The Morgan fingerprint density at radius 3 is 2.81 bits per heavy atom. The average molecular weight is 244 g/mol. The molecule has 0 radical (unpaired) electrons. The molecule has 0 aromatic rings. The highest BCUT2D eigenvalue weighted by atomic mass is 32.2. The fraction of sp³-hybridized carbons (Fsp3) is 1.00. The van der Waals surface area contributed by atoms with Gasteiger partial charge in [0.25, 0.3) is 0 Å². The predicted octanol–water partition coefficient (Wildman–Crippen LogP) is 2.59. The van der Waals surface area contributed by atoms with Gasteiger partial charge < -0.3 is 5.32 Å². The molecule has 0 saturated carbocycles. The van der Waals surface area contributed by atoms with Crippen molar-refractivity contribution >= 4 is 11.8 Å². The number of hydrogen-bond donors (Lipinski definition) is 1. The molecule has 1 aliphatic rings. The summed E-state index contributed by atoms with van der Waals surface area (Å²) in [5.74, 6) is 2.63. The molecule has 16 heavy (non-hydrogen) atoms. The molecule has 2 nitrogen and oxygen atoms in total. The van der Waals surface area contributed by atoms with Crippen LogP contribution in [0.2, 0.25) is 0 Å². The molecule has 96 valence electrons. The lowest BCUT2D eigenvalue weighted by Gasteiger charge is -2.39. The average Bonchev–Trinajstić information content (AvgIpc) is 2.29. The third kappa shape index (κ3) is 4.64. The zero-order valence-corrected chi connectivity index (χ0v) is 12.0. The molecule has 0 aromatic heterocycles. The number of thioether (sulfide) groups is 1. The first-order valence-electron chi connectivity index (χ1n) is 6.83. The summed E-state index contributed by atoms with van der Waals surface area (Å²) >= 11 is 2.11. The van der Waals surface area contributed by atoms with Gasteiger partial charge in [-0.15, -0.1) is 0 Å². The van der Waals surface area contributed by atoms with E-state index in [1.807, 2.05) is 0 Å². The van der Waals surface area contributed by atoms with Crippen LogP contribution in [0.25, 0.3) is 0 Å². The van der Waals surface area contributed by atoms with Crippen LogP contribution in [-0.2, 0) is 0 Å². The van der Waals surface area contributed by atoms with Crippen LogP contribution in [-0.4, -0.2) is 48.1 Å². The molecule has 2 unspecified atom stereocenters. The van der Waals surface area contributed by atoms with Gasteiger partial charge in [0.1, 0.15) is 0 Å². The van der Waals surface area contributed by atoms with Gasteiger partial charge in [-0.05, 0) is 26.3 Å². The van der Waals surface area contributed by atoms with E-state index in [0.29, 0.717) is 0 Å². The SMILES string of the molecule is CCCNCC(CCC)N1CCSCC1C. The molecule has 0 aromatic carbocycles. The number of rotatable bonds is 7. The van der Waals surface area contributed by atoms with Crippen LogP contribution in [0.1, 0.15) is 40.0 Å². The molecule has 1 saturated heterocycles. The van der Waals surface area contributed by atoms with E-state index < -0.39 is 0 Å². The summed E-state index contributed by atoms with van der Waals surface area (Å²) in [4.78, 5) is 2.72. The molecular formula is C13H28N2S. The first-order chi connectivity index (χ1) is 7.79. The Hall–Kier alpha value is 0.270. The van der Waals surface area contributed by atoms with Crippen LogP contribution in [0, 0.1) is 0 Å². The molecule has 0 spiro atoms. The van der Waals surface area contributed by atoms with Gasteiger partial charge in [-0.25, -0.2) is 0 Å². The van der Waals surface area contributed by atoms with Crippen molar-refractivity contribution in [3.63, 3.8) is 0 Å². The second-order valence-electron chi connectivity index (χ2n) is 4.81. The molecular weight excluding hydrogens is 216 g/mol. The quantitative estimate of drug-likeness (QED) is 0.693. The summed E-state index contributed by atoms with van der Waals surface area (Å²) in [7, 11) is 0. The van der Waals surface area contributed by atoms with Gasteiger partial charge in [-0.2, -0.15) is 11.8 Å². The molecule has 0 aliphatic carbocycles. The lowest BCUT2D eigenvalue weighted by atomic mass is 10.1. The monoisotopic (exact) mass is 244 g/mol. The fourth-order valence-electron chi connectivity index (χ4n) is 2.45. The molecule has 3 heteroatoms. The Kier molecular flexibility index (Phi) is 7.50. The zero-order valence-electron chi connectivity index (χ0n) is 11.2. The minimum Gasteiger partial charge on any atom is -0.315 e. The van der Waals surface area contributed by atoms with Gasteiger partial charge in [0.15, 0.2) is 0 Å². The smallest absolute Gasteiger partial charge is 0.0224 e. The maximum Gasteiger partial charge on any atom is 0.0224 e. The van der Waals surface area contributed by atoms with Crippen molar-refractivity contribution in [1.82, 2.24) is 10.2 Å². The summed E-state index contributed by atoms with van der Waals surface area (Å²) in [5.41, 5.74) is 0.